The molecule has 0 aliphatic heterocycles. The summed E-state index contributed by atoms with van der Waals surface area (Å²) in [5.41, 5.74) is 0.213. The van der Waals surface area contributed by atoms with E-state index in [-0.39, 0.29) is 39.6 Å². The van der Waals surface area contributed by atoms with Crippen molar-refractivity contribution in [3.63, 3.8) is 0 Å². The van der Waals surface area contributed by atoms with Crippen LogP contribution in [0.2, 0.25) is 0 Å². The number of aryl methyl sites for hydroxylation is 1. The third-order valence-electron chi connectivity index (χ3n) is 17.8. The van der Waals surface area contributed by atoms with E-state index in [9.17, 15) is 41.1 Å². The number of ether oxygens (including phenoxy) is 1. The Hall–Kier alpha value is -11.5. The summed E-state index contributed by atoms with van der Waals surface area (Å²) < 4.78 is 378. The topological polar surface area (TPSA) is 35.9 Å². The highest BCUT2D eigenvalue weighted by atomic mass is 28.3. The molecule has 0 aliphatic carbocycles. The van der Waals surface area contributed by atoms with E-state index in [4.69, 9.17) is 20.7 Å². The number of rotatable bonds is 15. The fourth-order valence-corrected chi connectivity index (χ4v) is 21.2. The predicted octanol–water partition coefficient (Wildman–Crippen LogP) is 17.0. The first-order valence-corrected chi connectivity index (χ1v) is 35.6. The minimum Gasteiger partial charge on any atom is -0.458 e. The lowest BCUT2D eigenvalue weighted by Crippen LogP contribution is -2.80. The summed E-state index contributed by atoms with van der Waals surface area (Å²) >= 11 is 0. The first kappa shape index (κ1) is 33.9. The molecule has 0 spiro atoms. The number of benzene rings is 13. The smallest absolute Gasteiger partial charge is 0.269 e. The van der Waals surface area contributed by atoms with Crippen molar-refractivity contribution in [3.05, 3.63) is 368 Å². The zero-order chi connectivity index (χ0) is 101. The highest BCUT2D eigenvalue weighted by Gasteiger charge is 2.49. The van der Waals surface area contributed by atoms with Gasteiger partial charge in [-0.3, -0.25) is 13.7 Å². The molecule has 484 valence electrons. The lowest BCUT2D eigenvalue weighted by Gasteiger charge is -2.40. The molecule has 0 saturated carbocycles. The normalized spacial score (nSPS) is 17.6. The number of aromatic nitrogens is 4. The molecule has 0 saturated heterocycles. The van der Waals surface area contributed by atoms with Gasteiger partial charge in [0.2, 0.25) is 0 Å². The molecule has 13 aromatic carbocycles. The molecule has 0 aliphatic rings. The Bertz CT molecular complexity index is 7230. The van der Waals surface area contributed by atoms with Gasteiger partial charge in [-0.1, -0.05) is 326 Å². The van der Waals surface area contributed by atoms with Crippen LogP contribution in [0.4, 0.5) is 0 Å². The summed E-state index contributed by atoms with van der Waals surface area (Å²) in [4.78, 5) is 4.74. The van der Waals surface area contributed by atoms with Crippen LogP contribution in [0.5, 0.6) is 11.5 Å². The second-order valence-corrected chi connectivity index (χ2v) is 32.8. The Labute approximate surface area is 642 Å². The number of fused-ring (bicyclic) bond motifs is 4. The van der Waals surface area contributed by atoms with Gasteiger partial charge in [-0.25, -0.2) is 4.98 Å². The Morgan fingerprint density at radius 2 is 0.900 bits per heavy atom. The van der Waals surface area contributed by atoms with Crippen LogP contribution in [-0.4, -0.2) is 30.3 Å². The minimum absolute atomic E-state index is 0.000490. The highest BCUT2D eigenvalue weighted by molar-refractivity contribution is 7.22. The third-order valence-corrected chi connectivity index (χ3v) is 26.2. The van der Waals surface area contributed by atoms with E-state index in [1.165, 1.54) is 34.9 Å². The standard InChI is InChI=1S/C93H78N4OSi2/c1-66-57-90(94-64-83(66)67-33-15-8-16-34-67)97-84-50-30-29-49-81(84)82-55-54-74(63-86(82)97)98-73-36-31-35-72(62-73)95-65-96(85-56-53-68(60-87(85)95)69-58-70(92(2,3)4)61-71(59-69)93(5,6)7)91-88(99(75-37-17-9-18-38-75,76-39-19-10-20-40-76)77-41-21-11-22-42-77)51-32-52-89(91)100(78-43-23-12-24-44-78,79-45-25-13-26-46-79)80-47-27-14-28-48-80/h8-64H,1-7H3/i1D3,8D,9D,10D,11D,12D,13D,14D,15D,16D,17D,18D,19D,20D,21D,22D,23D,24D,25D,26D,27D,28D,33D,34D,37D,38D,39D,40D,41D,42D,43D,44D,45D,46D,47D,48D. The van der Waals surface area contributed by atoms with Crippen LogP contribution in [0.1, 0.15) is 110 Å². The minimum atomic E-state index is -6.85. The molecular formula is C93H78N4OSi2. The molecule has 0 unspecified atom stereocenters. The quantitative estimate of drug-likeness (QED) is 0.0444. The fourth-order valence-electron chi connectivity index (χ4n) is 13.1. The average Bonchev–Trinajstić information content (AvgIpc) is 0.852. The zero-order valence-electron chi connectivity index (χ0n) is 92.4. The van der Waals surface area contributed by atoms with E-state index in [0.29, 0.717) is 32.9 Å². The van der Waals surface area contributed by atoms with Gasteiger partial charge in [0, 0.05) is 32.7 Å². The molecular weight excluding hydrogens is 1250 g/mol. The summed E-state index contributed by atoms with van der Waals surface area (Å²) in [6.07, 6.45) is 4.53. The predicted molar refractivity (Wildman–Crippen MR) is 423 cm³/mol. The van der Waals surface area contributed by atoms with Gasteiger partial charge < -0.3 is 4.74 Å². The van der Waals surface area contributed by atoms with E-state index >= 15 is 0 Å². The van der Waals surface area contributed by atoms with Gasteiger partial charge in [-0.15, -0.1) is 0 Å². The lowest BCUT2D eigenvalue weighted by molar-refractivity contribution is -0.570. The molecule has 0 bridgehead atoms. The molecule has 0 radical (unpaired) electrons. The maximum atomic E-state index is 10.5. The molecule has 5 nitrogen and oxygen atoms in total. The Balaban J connectivity index is 1.14. The Morgan fingerprint density at radius 3 is 1.41 bits per heavy atom. The maximum absolute atomic E-state index is 10.5. The number of hydrogen-bond donors (Lipinski definition) is 0. The number of nitrogens with zero attached hydrogens (tertiary/aromatic N) is 4. The third kappa shape index (κ3) is 11.1. The Kier molecular flexibility index (Phi) is 8.71. The van der Waals surface area contributed by atoms with Gasteiger partial charge in [0.1, 0.15) is 17.3 Å². The van der Waals surface area contributed by atoms with E-state index < -0.39 is 304 Å². The van der Waals surface area contributed by atoms with Crippen LogP contribution in [0, 0.1) is 13.2 Å². The second kappa shape index (κ2) is 25.7. The lowest BCUT2D eigenvalue weighted by atomic mass is 9.79. The summed E-state index contributed by atoms with van der Waals surface area (Å²) in [6.45, 7) is 9.02. The van der Waals surface area contributed by atoms with Crippen molar-refractivity contribution in [3.8, 4) is 50.9 Å². The SMILES string of the molecule is [2H]c1c([2H])c([2H])c(-c2cnc(-n3c4ccccc4c4ccc(Oc5cccc(-n6[c-][n+](-c7c([Si](c8c([2H])c([2H])c([2H])c([2H])c8[2H])(c8c([2H])c([2H])c([2H])c([2H])c8[2H])c8c([2H])c([2H])c([2H])c([2H])c8[2H])cccc7[Si](c7c([2H])c([2H])c([2H])c([2H])c7[2H])(c7c([2H])c([2H])c([2H])c([2H])c7[2H])c7c([2H])c([2H])c([2H])c([2H])c7[2H])c7ccc(-c8cc(C(C)(C)C)cc(C(C)(C)C)c8)cc76)c5)cc43)cc2C([2H])([2H])[2H])c([2H])c1[2H]. The molecule has 0 fully saturated rings. The molecule has 7 heteroatoms. The van der Waals surface area contributed by atoms with Crippen LogP contribution in [0.3, 0.4) is 0 Å². The monoisotopic (exact) mass is 1360 g/mol. The molecule has 16 rings (SSSR count). The molecule has 0 amide bonds. The first-order valence-electron chi connectivity index (χ1n) is 50.6. The van der Waals surface area contributed by atoms with Gasteiger partial charge in [-0.05, 0) is 141 Å². The van der Waals surface area contributed by atoms with Crippen LogP contribution < -0.4 is 50.8 Å². The molecule has 3 heterocycles. The average molecular weight is 1360 g/mol. The van der Waals surface area contributed by atoms with Crippen molar-refractivity contribution in [2.45, 2.75) is 59.2 Å². The summed E-state index contributed by atoms with van der Waals surface area (Å²) in [6, 6.07) is -7.96. The van der Waals surface area contributed by atoms with Crippen LogP contribution in [0.25, 0.3) is 72.3 Å². The number of imidazole rings is 1. The molecule has 100 heavy (non-hydrogen) atoms. The van der Waals surface area contributed by atoms with E-state index in [1.54, 1.807) is 65.2 Å². The maximum Gasteiger partial charge on any atom is 0.269 e. The fraction of sp³-hybridized carbons (Fsp3) is 0.0968. The summed E-state index contributed by atoms with van der Waals surface area (Å²) in [7, 11) is -13.7. The highest BCUT2D eigenvalue weighted by Crippen LogP contribution is 2.39. The van der Waals surface area contributed by atoms with E-state index in [1.807, 2.05) is 53.7 Å². The van der Waals surface area contributed by atoms with Gasteiger partial charge in [0.15, 0.2) is 16.1 Å². The van der Waals surface area contributed by atoms with Crippen molar-refractivity contribution in [1.82, 2.24) is 14.1 Å². The molecule has 3 aromatic heterocycles. The zero-order valence-corrected chi connectivity index (χ0v) is 56.4. The Morgan fingerprint density at radius 1 is 0.420 bits per heavy atom. The van der Waals surface area contributed by atoms with E-state index in [0.717, 1.165) is 40.1 Å². The number of hydrogen-bond acceptors (Lipinski definition) is 2. The van der Waals surface area contributed by atoms with E-state index in [2.05, 4.69) is 12.4 Å². The van der Waals surface area contributed by atoms with Crippen molar-refractivity contribution in [1.29, 1.82) is 0 Å². The summed E-state index contributed by atoms with van der Waals surface area (Å²) in [5.74, 6) is 0.0844. The van der Waals surface area contributed by atoms with Gasteiger partial charge >= 0.3 is 0 Å². The van der Waals surface area contributed by atoms with Gasteiger partial charge in [0.25, 0.3) is 6.33 Å². The van der Waals surface area contributed by atoms with Crippen molar-refractivity contribution >= 4 is 90.5 Å². The first-order chi connectivity index (χ1) is 64.5. The van der Waals surface area contributed by atoms with Crippen LogP contribution in [0.15, 0.2) is 345 Å². The summed E-state index contributed by atoms with van der Waals surface area (Å²) in [5, 5.41) is -7.39. The van der Waals surface area contributed by atoms with Crippen LogP contribution >= 0.6 is 0 Å². The largest absolute Gasteiger partial charge is 0.458 e. The van der Waals surface area contributed by atoms with Crippen LogP contribution in [-0.2, 0) is 10.8 Å². The van der Waals surface area contributed by atoms with Crippen molar-refractivity contribution in [2.24, 2.45) is 0 Å². The van der Waals surface area contributed by atoms with Gasteiger partial charge in [-0.2, -0.15) is 0 Å². The number of para-hydroxylation sites is 2. The molecule has 0 N–H and O–H groups in total. The van der Waals surface area contributed by atoms with Crippen molar-refractivity contribution in [2.75, 3.05) is 0 Å². The molecule has 0 atom stereocenters. The molecule has 16 aromatic rings. The van der Waals surface area contributed by atoms with Crippen molar-refractivity contribution < 1.29 is 61.4 Å². The van der Waals surface area contributed by atoms with Gasteiger partial charge in [0.05, 0.1) is 81.4 Å². The second-order valence-electron chi connectivity index (χ2n) is 25.7. The number of pyridine rings is 1.